The van der Waals surface area contributed by atoms with Crippen molar-refractivity contribution in [3.8, 4) is 0 Å². The van der Waals surface area contributed by atoms with E-state index in [1.165, 1.54) is 0 Å². The van der Waals surface area contributed by atoms with Gasteiger partial charge in [-0.1, -0.05) is 5.16 Å². The van der Waals surface area contributed by atoms with Crippen molar-refractivity contribution in [2.75, 3.05) is 40.9 Å². The lowest BCUT2D eigenvalue weighted by atomic mass is 10.0. The molecule has 0 aliphatic carbocycles. The van der Waals surface area contributed by atoms with E-state index in [0.717, 1.165) is 25.9 Å². The van der Waals surface area contributed by atoms with Gasteiger partial charge in [0.15, 0.2) is 5.82 Å². The van der Waals surface area contributed by atoms with E-state index >= 15 is 0 Å². The summed E-state index contributed by atoms with van der Waals surface area (Å²) < 4.78 is 10.0. The molecule has 2 heterocycles. The van der Waals surface area contributed by atoms with E-state index in [0.29, 0.717) is 30.8 Å². The molecule has 0 unspecified atom stereocenters. The van der Waals surface area contributed by atoms with E-state index in [1.54, 1.807) is 12.0 Å². The van der Waals surface area contributed by atoms with Crippen LogP contribution in [-0.2, 0) is 17.7 Å². The number of likely N-dealkylation sites (tertiary alicyclic amines) is 1. The summed E-state index contributed by atoms with van der Waals surface area (Å²) in [5.74, 6) is 1.01. The first-order chi connectivity index (χ1) is 10.6. The van der Waals surface area contributed by atoms with Gasteiger partial charge in [-0.15, -0.1) is 0 Å². The minimum atomic E-state index is -0.0993. The molecular formula is C14H25N5O3. The van der Waals surface area contributed by atoms with E-state index in [1.807, 2.05) is 7.05 Å². The second kappa shape index (κ2) is 8.09. The Morgan fingerprint density at radius 3 is 2.91 bits per heavy atom. The highest BCUT2D eigenvalue weighted by molar-refractivity contribution is 5.74. The number of urea groups is 1. The van der Waals surface area contributed by atoms with Gasteiger partial charge in [-0.05, 0) is 33.0 Å². The van der Waals surface area contributed by atoms with Gasteiger partial charge in [-0.3, -0.25) is 0 Å². The third-order valence-corrected chi connectivity index (χ3v) is 3.98. The quantitative estimate of drug-likeness (QED) is 0.823. The molecule has 0 aromatic carbocycles. The SMILES string of the molecule is COCCc1nc(CNC(=O)N(C)C2CCN(C)CC2)no1. The number of carbonyl (C=O) groups excluding carboxylic acids is 1. The number of hydrogen-bond acceptors (Lipinski definition) is 6. The van der Waals surface area contributed by atoms with Crippen molar-refractivity contribution in [3.63, 3.8) is 0 Å². The van der Waals surface area contributed by atoms with Gasteiger partial charge in [0.2, 0.25) is 5.89 Å². The predicted octanol–water partition coefficient (Wildman–Crippen LogP) is 0.494. The zero-order valence-corrected chi connectivity index (χ0v) is 13.5. The number of rotatable bonds is 6. The molecule has 0 radical (unpaired) electrons. The number of ether oxygens (including phenoxy) is 1. The maximum atomic E-state index is 12.2. The van der Waals surface area contributed by atoms with E-state index in [2.05, 4.69) is 27.4 Å². The Morgan fingerprint density at radius 2 is 2.23 bits per heavy atom. The molecule has 22 heavy (non-hydrogen) atoms. The summed E-state index contributed by atoms with van der Waals surface area (Å²) in [6, 6.07) is 0.191. The molecule has 0 bridgehead atoms. The average molecular weight is 311 g/mol. The first kappa shape index (κ1) is 16.7. The van der Waals surface area contributed by atoms with Gasteiger partial charge in [0.25, 0.3) is 0 Å². The minimum Gasteiger partial charge on any atom is -0.384 e. The Morgan fingerprint density at radius 1 is 1.50 bits per heavy atom. The molecule has 2 rings (SSSR count). The van der Waals surface area contributed by atoms with Crippen LogP contribution >= 0.6 is 0 Å². The van der Waals surface area contributed by atoms with Gasteiger partial charge in [0.05, 0.1) is 19.6 Å². The molecule has 0 atom stereocenters. The molecule has 1 aromatic rings. The smallest absolute Gasteiger partial charge is 0.317 e. The summed E-state index contributed by atoms with van der Waals surface area (Å²) in [4.78, 5) is 20.4. The molecule has 124 valence electrons. The highest BCUT2D eigenvalue weighted by Crippen LogP contribution is 2.14. The topological polar surface area (TPSA) is 83.7 Å². The number of carbonyl (C=O) groups is 1. The Kier molecular flexibility index (Phi) is 6.14. The van der Waals surface area contributed by atoms with Gasteiger partial charge >= 0.3 is 6.03 Å². The fourth-order valence-electron chi connectivity index (χ4n) is 2.48. The van der Waals surface area contributed by atoms with Crippen molar-refractivity contribution in [2.45, 2.75) is 31.8 Å². The lowest BCUT2D eigenvalue weighted by Crippen LogP contribution is -2.48. The van der Waals surface area contributed by atoms with E-state index in [-0.39, 0.29) is 12.6 Å². The van der Waals surface area contributed by atoms with Gasteiger partial charge in [-0.25, -0.2) is 4.79 Å². The summed E-state index contributed by atoms with van der Waals surface area (Å²) in [5, 5.41) is 6.68. The minimum absolute atomic E-state index is 0.0993. The molecule has 1 aromatic heterocycles. The van der Waals surface area contributed by atoms with Crippen LogP contribution in [0.15, 0.2) is 4.52 Å². The molecule has 1 saturated heterocycles. The van der Waals surface area contributed by atoms with Crippen LogP contribution in [0.25, 0.3) is 0 Å². The normalized spacial score (nSPS) is 16.7. The third-order valence-electron chi connectivity index (χ3n) is 3.98. The number of aromatic nitrogens is 2. The first-order valence-electron chi connectivity index (χ1n) is 7.59. The maximum Gasteiger partial charge on any atom is 0.317 e. The summed E-state index contributed by atoms with van der Waals surface area (Å²) >= 11 is 0. The van der Waals surface area contributed by atoms with E-state index in [9.17, 15) is 4.79 Å². The fraction of sp³-hybridized carbons (Fsp3) is 0.786. The van der Waals surface area contributed by atoms with Crippen LogP contribution in [0.2, 0.25) is 0 Å². The highest BCUT2D eigenvalue weighted by Gasteiger charge is 2.23. The molecule has 0 spiro atoms. The Labute approximate surface area is 130 Å². The average Bonchev–Trinajstić information content (AvgIpc) is 2.98. The summed E-state index contributed by atoms with van der Waals surface area (Å²) in [6.45, 7) is 2.85. The Hall–Kier alpha value is -1.67. The van der Waals surface area contributed by atoms with Gasteiger partial charge in [0.1, 0.15) is 0 Å². The monoisotopic (exact) mass is 311 g/mol. The highest BCUT2D eigenvalue weighted by atomic mass is 16.5. The number of methoxy groups -OCH3 is 1. The van der Waals surface area contributed by atoms with Crippen molar-refractivity contribution >= 4 is 6.03 Å². The Balaban J connectivity index is 1.75. The van der Waals surface area contributed by atoms with Crippen molar-refractivity contribution in [3.05, 3.63) is 11.7 Å². The molecule has 1 N–H and O–H groups in total. The van der Waals surface area contributed by atoms with E-state index < -0.39 is 0 Å². The number of piperidine rings is 1. The fourth-order valence-corrected chi connectivity index (χ4v) is 2.48. The van der Waals surface area contributed by atoms with Crippen LogP contribution in [0, 0.1) is 0 Å². The molecular weight excluding hydrogens is 286 g/mol. The van der Waals surface area contributed by atoms with Crippen LogP contribution in [0.1, 0.15) is 24.6 Å². The first-order valence-corrected chi connectivity index (χ1v) is 7.59. The zero-order valence-electron chi connectivity index (χ0n) is 13.5. The third kappa shape index (κ3) is 4.67. The van der Waals surface area contributed by atoms with Crippen LogP contribution in [0.3, 0.4) is 0 Å². The number of nitrogens with one attached hydrogen (secondary N) is 1. The van der Waals surface area contributed by atoms with Crippen LogP contribution in [-0.4, -0.2) is 72.9 Å². The van der Waals surface area contributed by atoms with Crippen LogP contribution in [0.4, 0.5) is 4.79 Å². The molecule has 8 nitrogen and oxygen atoms in total. The predicted molar refractivity (Wildman–Crippen MR) is 80.4 cm³/mol. The lowest BCUT2D eigenvalue weighted by Gasteiger charge is -2.34. The Bertz CT molecular complexity index is 471. The summed E-state index contributed by atoms with van der Waals surface area (Å²) in [7, 11) is 5.57. The molecule has 8 heteroatoms. The van der Waals surface area contributed by atoms with Crippen molar-refractivity contribution in [1.82, 2.24) is 25.3 Å². The second-order valence-electron chi connectivity index (χ2n) is 5.65. The van der Waals surface area contributed by atoms with E-state index in [4.69, 9.17) is 9.26 Å². The summed E-state index contributed by atoms with van der Waals surface area (Å²) in [5.41, 5.74) is 0. The maximum absolute atomic E-state index is 12.2. The zero-order chi connectivity index (χ0) is 15.9. The van der Waals surface area contributed by atoms with Crippen molar-refractivity contribution in [1.29, 1.82) is 0 Å². The molecule has 2 amide bonds. The standard InChI is InChI=1S/C14H25N5O3/c1-18-7-4-11(5-8-18)19(2)14(20)15-10-12-16-13(22-17-12)6-9-21-3/h11H,4-10H2,1-3H3,(H,15,20). The number of nitrogens with zero attached hydrogens (tertiary/aromatic N) is 4. The molecule has 1 fully saturated rings. The molecule has 1 aliphatic rings. The second-order valence-corrected chi connectivity index (χ2v) is 5.65. The van der Waals surface area contributed by atoms with Crippen LogP contribution in [0.5, 0.6) is 0 Å². The van der Waals surface area contributed by atoms with Gasteiger partial charge < -0.3 is 24.4 Å². The number of amides is 2. The van der Waals surface area contributed by atoms with Gasteiger partial charge in [0, 0.05) is 20.2 Å². The van der Waals surface area contributed by atoms with Gasteiger partial charge in [-0.2, -0.15) is 4.98 Å². The number of hydrogen-bond donors (Lipinski definition) is 1. The lowest BCUT2D eigenvalue weighted by molar-refractivity contribution is 0.147. The largest absolute Gasteiger partial charge is 0.384 e. The van der Waals surface area contributed by atoms with Crippen LogP contribution < -0.4 is 5.32 Å². The van der Waals surface area contributed by atoms with Crippen molar-refractivity contribution in [2.24, 2.45) is 0 Å². The molecule has 0 saturated carbocycles. The van der Waals surface area contributed by atoms with Crippen molar-refractivity contribution < 1.29 is 14.1 Å². The summed E-state index contributed by atoms with van der Waals surface area (Å²) in [6.07, 6.45) is 2.58. The molecule has 1 aliphatic heterocycles.